The van der Waals surface area contributed by atoms with E-state index in [1.165, 1.54) is 24.0 Å². The van der Waals surface area contributed by atoms with E-state index in [1.807, 2.05) is 12.1 Å². The molecule has 11 nitrogen and oxygen atoms in total. The van der Waals surface area contributed by atoms with Crippen LogP contribution in [0.4, 0.5) is 11.8 Å². The smallest absolute Gasteiger partial charge is 0.229 e. The molecule has 3 saturated heterocycles. The van der Waals surface area contributed by atoms with E-state index in [0.717, 1.165) is 32.6 Å². The van der Waals surface area contributed by atoms with Gasteiger partial charge in [-0.25, -0.2) is 4.98 Å². The Morgan fingerprint density at radius 2 is 1.60 bits per heavy atom. The predicted octanol–water partition coefficient (Wildman–Crippen LogP) is 2.36. The number of aromatic nitrogens is 4. The molecule has 2 aromatic heterocycles. The number of nitrogens with zero attached hydrogens (tertiary/aromatic N) is 6. The monoisotopic (exact) mass is 585 g/mol. The topological polar surface area (TPSA) is 132 Å². The lowest BCUT2D eigenvalue weighted by molar-refractivity contribution is -0.0511. The van der Waals surface area contributed by atoms with Crippen LogP contribution in [0.5, 0.6) is 0 Å². The molecule has 0 bridgehead atoms. The molecular weight excluding hydrogens is 546 g/mol. The number of fused-ring (bicyclic) bond motifs is 1. The van der Waals surface area contributed by atoms with E-state index < -0.39 is 31.1 Å². The lowest BCUT2D eigenvalue weighted by Gasteiger charge is -2.24. The first kappa shape index (κ1) is 28.2. The van der Waals surface area contributed by atoms with Gasteiger partial charge in [0.15, 0.2) is 23.2 Å². The zero-order chi connectivity index (χ0) is 29.3. The van der Waals surface area contributed by atoms with Gasteiger partial charge in [-0.2, -0.15) is 9.97 Å². The zero-order valence-electron chi connectivity index (χ0n) is 24.1. The average molecular weight is 586 g/mol. The molecule has 3 aliphatic rings. The fourth-order valence-corrected chi connectivity index (χ4v) is 6.79. The van der Waals surface area contributed by atoms with Gasteiger partial charge >= 0.3 is 0 Å². The summed E-state index contributed by atoms with van der Waals surface area (Å²) >= 11 is 0. The maximum atomic E-state index is 10.8. The molecule has 0 aliphatic carbocycles. The number of anilines is 2. The molecule has 0 amide bonds. The molecule has 0 radical (unpaired) electrons. The van der Waals surface area contributed by atoms with E-state index in [9.17, 15) is 15.3 Å². The first-order chi connectivity index (χ1) is 21.1. The van der Waals surface area contributed by atoms with Gasteiger partial charge < -0.3 is 30.3 Å². The molecule has 3 fully saturated rings. The molecule has 7 rings (SSSR count). The normalized spacial score (nSPS) is 26.2. The molecular formula is C32H39N7O4. The van der Waals surface area contributed by atoms with Crippen molar-refractivity contribution in [1.29, 1.82) is 0 Å². The standard InChI is InChI=1S/C32H39N7O4/c40-19-25-27(41)28(42)31(43-25)39-20-34-26-29(33-17-24(21-9-3-1-4-10-21)22-11-5-2-6-12-22)35-32(36-30(26)39)38-16-13-23(18-38)37-14-7-8-15-37/h1-6,9-12,20,23-25,27-28,31,40-42H,7-8,13-19H2,(H,33,35,36)/t23-,25-,27-,28-,31-/m1/s1. The second-order valence-corrected chi connectivity index (χ2v) is 11.8. The number of aliphatic hydroxyl groups is 3. The minimum Gasteiger partial charge on any atom is -0.394 e. The molecule has 43 heavy (non-hydrogen) atoms. The van der Waals surface area contributed by atoms with E-state index in [4.69, 9.17) is 14.7 Å². The van der Waals surface area contributed by atoms with Crippen molar-refractivity contribution in [1.82, 2.24) is 24.4 Å². The summed E-state index contributed by atoms with van der Waals surface area (Å²) in [6, 6.07) is 21.3. The molecule has 2 aromatic carbocycles. The Kier molecular flexibility index (Phi) is 7.98. The average Bonchev–Trinajstić information content (AvgIpc) is 3.86. The van der Waals surface area contributed by atoms with Gasteiger partial charge in [-0.05, 0) is 43.5 Å². The highest BCUT2D eigenvalue weighted by Gasteiger charge is 2.44. The predicted molar refractivity (Wildman–Crippen MR) is 163 cm³/mol. The Balaban J connectivity index is 1.24. The van der Waals surface area contributed by atoms with Crippen LogP contribution in [-0.2, 0) is 4.74 Å². The summed E-state index contributed by atoms with van der Waals surface area (Å²) in [4.78, 5) is 19.4. The van der Waals surface area contributed by atoms with Gasteiger partial charge in [-0.1, -0.05) is 60.7 Å². The molecule has 0 unspecified atom stereocenters. The van der Waals surface area contributed by atoms with E-state index in [1.54, 1.807) is 10.9 Å². The second-order valence-electron chi connectivity index (χ2n) is 11.8. The molecule has 4 N–H and O–H groups in total. The first-order valence-corrected chi connectivity index (χ1v) is 15.3. The minimum atomic E-state index is -1.24. The molecule has 4 aromatic rings. The molecule has 5 heterocycles. The quantitative estimate of drug-likeness (QED) is 0.232. The van der Waals surface area contributed by atoms with Crippen molar-refractivity contribution in [2.75, 3.05) is 49.5 Å². The Hall–Kier alpha value is -3.61. The van der Waals surface area contributed by atoms with E-state index in [2.05, 4.69) is 68.6 Å². The lowest BCUT2D eigenvalue weighted by atomic mass is 9.91. The van der Waals surface area contributed by atoms with Crippen LogP contribution in [-0.4, -0.2) is 103 Å². The number of hydrogen-bond acceptors (Lipinski definition) is 10. The van der Waals surface area contributed by atoms with Crippen molar-refractivity contribution in [2.45, 2.75) is 55.8 Å². The Labute approximate surface area is 250 Å². The summed E-state index contributed by atoms with van der Waals surface area (Å²) in [5.74, 6) is 1.28. The van der Waals surface area contributed by atoms with Crippen LogP contribution in [0.1, 0.15) is 42.5 Å². The summed E-state index contributed by atoms with van der Waals surface area (Å²) in [5, 5.41) is 34.5. The third-order valence-corrected chi connectivity index (χ3v) is 9.18. The van der Waals surface area contributed by atoms with Gasteiger partial charge in [0.25, 0.3) is 0 Å². The second kappa shape index (κ2) is 12.2. The zero-order valence-corrected chi connectivity index (χ0v) is 24.1. The van der Waals surface area contributed by atoms with Gasteiger partial charge in [-0.15, -0.1) is 0 Å². The van der Waals surface area contributed by atoms with Crippen LogP contribution >= 0.6 is 0 Å². The van der Waals surface area contributed by atoms with Crippen molar-refractivity contribution in [3.63, 3.8) is 0 Å². The maximum Gasteiger partial charge on any atom is 0.229 e. The number of aliphatic hydroxyl groups excluding tert-OH is 3. The van der Waals surface area contributed by atoms with Gasteiger partial charge in [0.2, 0.25) is 5.95 Å². The van der Waals surface area contributed by atoms with Crippen molar-refractivity contribution in [3.8, 4) is 0 Å². The minimum absolute atomic E-state index is 0.0738. The number of benzene rings is 2. The van der Waals surface area contributed by atoms with Gasteiger partial charge in [0, 0.05) is 31.6 Å². The van der Waals surface area contributed by atoms with Gasteiger partial charge in [0.1, 0.15) is 18.3 Å². The third-order valence-electron chi connectivity index (χ3n) is 9.18. The van der Waals surface area contributed by atoms with Crippen molar-refractivity contribution < 1.29 is 20.1 Å². The summed E-state index contributed by atoms with van der Waals surface area (Å²) in [6.45, 7) is 4.17. The van der Waals surface area contributed by atoms with Crippen LogP contribution < -0.4 is 10.2 Å². The molecule has 3 aliphatic heterocycles. The number of rotatable bonds is 9. The van der Waals surface area contributed by atoms with Crippen molar-refractivity contribution in [3.05, 3.63) is 78.1 Å². The lowest BCUT2D eigenvalue weighted by Crippen LogP contribution is -2.35. The maximum absolute atomic E-state index is 10.8. The van der Waals surface area contributed by atoms with Gasteiger partial charge in [0.05, 0.1) is 12.9 Å². The molecule has 0 saturated carbocycles. The van der Waals surface area contributed by atoms with Crippen LogP contribution in [0.3, 0.4) is 0 Å². The number of ether oxygens (including phenoxy) is 1. The highest BCUT2D eigenvalue weighted by molar-refractivity contribution is 5.84. The molecule has 5 atom stereocenters. The Bertz CT molecular complexity index is 1470. The van der Waals surface area contributed by atoms with E-state index in [0.29, 0.717) is 35.5 Å². The van der Waals surface area contributed by atoms with Crippen molar-refractivity contribution in [2.24, 2.45) is 0 Å². The molecule has 0 spiro atoms. The largest absolute Gasteiger partial charge is 0.394 e. The van der Waals surface area contributed by atoms with Crippen LogP contribution in [0.25, 0.3) is 11.2 Å². The van der Waals surface area contributed by atoms with E-state index in [-0.39, 0.29) is 5.92 Å². The van der Waals surface area contributed by atoms with Gasteiger partial charge in [-0.3, -0.25) is 9.47 Å². The third kappa shape index (κ3) is 5.47. The SMILES string of the molecule is OC[C@H]1O[C@@H](n2cnc3c(NCC(c4ccccc4)c4ccccc4)nc(N4CC[C@@H](N5CCCC5)C4)nc32)[C@H](O)[C@@H]1O. The first-order valence-electron chi connectivity index (χ1n) is 15.3. The Morgan fingerprint density at radius 3 is 2.26 bits per heavy atom. The van der Waals surface area contributed by atoms with Crippen molar-refractivity contribution >= 4 is 22.9 Å². The summed E-state index contributed by atoms with van der Waals surface area (Å²) in [5.41, 5.74) is 3.44. The summed E-state index contributed by atoms with van der Waals surface area (Å²) in [6.07, 6.45) is 0.833. The highest BCUT2D eigenvalue weighted by atomic mass is 16.6. The number of likely N-dealkylation sites (tertiary alicyclic amines) is 1. The molecule has 226 valence electrons. The summed E-state index contributed by atoms with van der Waals surface area (Å²) < 4.78 is 7.51. The summed E-state index contributed by atoms with van der Waals surface area (Å²) in [7, 11) is 0. The number of hydrogen-bond donors (Lipinski definition) is 4. The fourth-order valence-electron chi connectivity index (χ4n) is 6.79. The van der Waals surface area contributed by atoms with Crippen LogP contribution in [0.15, 0.2) is 67.0 Å². The van der Waals surface area contributed by atoms with Crippen LogP contribution in [0, 0.1) is 0 Å². The fraction of sp³-hybridized carbons (Fsp3) is 0.469. The number of imidazole rings is 1. The highest BCUT2D eigenvalue weighted by Crippen LogP contribution is 2.34. The van der Waals surface area contributed by atoms with E-state index >= 15 is 0 Å². The Morgan fingerprint density at radius 1 is 0.907 bits per heavy atom. The molecule has 11 heteroatoms. The van der Waals surface area contributed by atoms with Crippen LogP contribution in [0.2, 0.25) is 0 Å². The number of nitrogens with one attached hydrogen (secondary N) is 1.